The van der Waals surface area contributed by atoms with E-state index in [1.54, 1.807) is 18.0 Å². The zero-order valence-electron chi connectivity index (χ0n) is 7.34. The summed E-state index contributed by atoms with van der Waals surface area (Å²) in [5.41, 5.74) is 0.871. The maximum absolute atomic E-state index is 11.4. The second-order valence-corrected chi connectivity index (χ2v) is 3.77. The van der Waals surface area contributed by atoms with E-state index in [-0.39, 0.29) is 5.78 Å². The number of ketones is 1. The number of allylic oxidation sites excluding steroid dienone is 1. The van der Waals surface area contributed by atoms with E-state index >= 15 is 0 Å². The van der Waals surface area contributed by atoms with Crippen LogP contribution in [0.4, 0.5) is 0 Å². The van der Waals surface area contributed by atoms with Gasteiger partial charge in [0.2, 0.25) is 0 Å². The van der Waals surface area contributed by atoms with Gasteiger partial charge in [-0.3, -0.25) is 4.79 Å². The molecule has 68 valence electrons. The Morgan fingerprint density at radius 3 is 3.17 bits per heavy atom. The van der Waals surface area contributed by atoms with Crippen LogP contribution in [0.15, 0.2) is 11.8 Å². The van der Waals surface area contributed by atoms with Crippen LogP contribution in [0.2, 0.25) is 0 Å². The zero-order valence-corrected chi connectivity index (χ0v) is 8.15. The summed E-state index contributed by atoms with van der Waals surface area (Å²) in [5, 5.41) is 0. The SMILES string of the molecule is CSCCC(=O)C1=COCCC1. The molecule has 0 aromatic heterocycles. The quantitative estimate of drug-likeness (QED) is 0.671. The Balaban J connectivity index is 2.35. The van der Waals surface area contributed by atoms with Crippen LogP contribution in [0.25, 0.3) is 0 Å². The average molecular weight is 186 g/mol. The molecule has 0 fully saturated rings. The molecule has 0 bridgehead atoms. The molecule has 0 saturated carbocycles. The molecule has 2 nitrogen and oxygen atoms in total. The second kappa shape index (κ2) is 5.25. The minimum Gasteiger partial charge on any atom is -0.501 e. The standard InChI is InChI=1S/C9H14O2S/c1-12-6-4-9(10)8-3-2-5-11-7-8/h7H,2-6H2,1H3. The molecule has 1 rings (SSSR count). The molecule has 0 saturated heterocycles. The van der Waals surface area contributed by atoms with Crippen molar-refractivity contribution in [3.8, 4) is 0 Å². The lowest BCUT2D eigenvalue weighted by atomic mass is 10.0. The Morgan fingerprint density at radius 1 is 1.75 bits per heavy atom. The normalized spacial score (nSPS) is 16.6. The molecule has 0 amide bonds. The minimum absolute atomic E-state index is 0.254. The maximum atomic E-state index is 11.4. The summed E-state index contributed by atoms with van der Waals surface area (Å²) in [6.07, 6.45) is 6.17. The van der Waals surface area contributed by atoms with Crippen molar-refractivity contribution in [1.29, 1.82) is 0 Å². The number of hydrogen-bond acceptors (Lipinski definition) is 3. The van der Waals surface area contributed by atoms with E-state index in [1.165, 1.54) is 0 Å². The third-order valence-corrected chi connectivity index (χ3v) is 2.44. The van der Waals surface area contributed by atoms with Crippen molar-refractivity contribution in [2.75, 3.05) is 18.6 Å². The van der Waals surface area contributed by atoms with E-state index in [4.69, 9.17) is 4.74 Å². The predicted octanol–water partition coefficient (Wildman–Crippen LogP) is 2.00. The molecule has 0 aliphatic carbocycles. The highest BCUT2D eigenvalue weighted by molar-refractivity contribution is 7.98. The number of carbonyl (C=O) groups excluding carboxylic acids is 1. The summed E-state index contributed by atoms with van der Waals surface area (Å²) in [4.78, 5) is 11.4. The Labute approximate surface area is 77.4 Å². The first-order chi connectivity index (χ1) is 5.84. The Kier molecular flexibility index (Phi) is 4.22. The van der Waals surface area contributed by atoms with Crippen molar-refractivity contribution >= 4 is 17.5 Å². The van der Waals surface area contributed by atoms with Crippen LogP contribution in [0.1, 0.15) is 19.3 Å². The summed E-state index contributed by atoms with van der Waals surface area (Å²) in [6.45, 7) is 0.763. The van der Waals surface area contributed by atoms with Gasteiger partial charge in [0, 0.05) is 17.7 Å². The van der Waals surface area contributed by atoms with Gasteiger partial charge in [-0.1, -0.05) is 0 Å². The zero-order chi connectivity index (χ0) is 8.81. The molecule has 0 radical (unpaired) electrons. The lowest BCUT2D eigenvalue weighted by Crippen LogP contribution is -2.09. The van der Waals surface area contributed by atoms with Gasteiger partial charge >= 0.3 is 0 Å². The van der Waals surface area contributed by atoms with Gasteiger partial charge in [-0.25, -0.2) is 0 Å². The highest BCUT2D eigenvalue weighted by Crippen LogP contribution is 2.14. The fourth-order valence-corrected chi connectivity index (χ4v) is 1.51. The highest BCUT2D eigenvalue weighted by atomic mass is 32.2. The first-order valence-electron chi connectivity index (χ1n) is 4.17. The Hall–Kier alpha value is -0.440. The Bertz CT molecular complexity index is 187. The van der Waals surface area contributed by atoms with E-state index < -0.39 is 0 Å². The highest BCUT2D eigenvalue weighted by Gasteiger charge is 2.12. The van der Waals surface area contributed by atoms with Crippen molar-refractivity contribution in [3.05, 3.63) is 11.8 Å². The third kappa shape index (κ3) is 2.89. The maximum Gasteiger partial charge on any atom is 0.162 e. The number of rotatable bonds is 4. The molecule has 0 aromatic rings. The van der Waals surface area contributed by atoms with Gasteiger partial charge in [0.15, 0.2) is 5.78 Å². The number of hydrogen-bond donors (Lipinski definition) is 0. The van der Waals surface area contributed by atoms with Crippen LogP contribution in [-0.4, -0.2) is 24.4 Å². The fourth-order valence-electron chi connectivity index (χ4n) is 1.12. The van der Waals surface area contributed by atoms with Gasteiger partial charge in [0.25, 0.3) is 0 Å². The summed E-state index contributed by atoms with van der Waals surface area (Å²) in [5.74, 6) is 1.17. The van der Waals surface area contributed by atoms with Gasteiger partial charge in [0.05, 0.1) is 12.9 Å². The van der Waals surface area contributed by atoms with Gasteiger partial charge in [-0.15, -0.1) is 0 Å². The van der Waals surface area contributed by atoms with Crippen molar-refractivity contribution < 1.29 is 9.53 Å². The molecule has 0 unspecified atom stereocenters. The average Bonchev–Trinajstić information content (AvgIpc) is 2.15. The second-order valence-electron chi connectivity index (χ2n) is 2.78. The van der Waals surface area contributed by atoms with Gasteiger partial charge in [0.1, 0.15) is 0 Å². The van der Waals surface area contributed by atoms with Crippen LogP contribution < -0.4 is 0 Å². The van der Waals surface area contributed by atoms with E-state index in [0.717, 1.165) is 30.8 Å². The smallest absolute Gasteiger partial charge is 0.162 e. The van der Waals surface area contributed by atoms with Crippen LogP contribution in [0.3, 0.4) is 0 Å². The van der Waals surface area contributed by atoms with Gasteiger partial charge in [-0.2, -0.15) is 11.8 Å². The summed E-state index contributed by atoms with van der Waals surface area (Å²) < 4.78 is 5.09. The van der Waals surface area contributed by atoms with Crippen LogP contribution in [0.5, 0.6) is 0 Å². The molecule has 1 aliphatic rings. The molecule has 0 atom stereocenters. The molecule has 1 heterocycles. The molecular formula is C9H14O2S. The van der Waals surface area contributed by atoms with Gasteiger partial charge < -0.3 is 4.74 Å². The lowest BCUT2D eigenvalue weighted by Gasteiger charge is -2.11. The van der Waals surface area contributed by atoms with Crippen molar-refractivity contribution in [3.63, 3.8) is 0 Å². The Morgan fingerprint density at radius 2 is 2.58 bits per heavy atom. The minimum atomic E-state index is 0.254. The molecule has 0 spiro atoms. The topological polar surface area (TPSA) is 26.3 Å². The lowest BCUT2D eigenvalue weighted by molar-refractivity contribution is -0.115. The first kappa shape index (κ1) is 9.65. The van der Waals surface area contributed by atoms with E-state index in [0.29, 0.717) is 6.42 Å². The largest absolute Gasteiger partial charge is 0.501 e. The van der Waals surface area contributed by atoms with Crippen LogP contribution >= 0.6 is 11.8 Å². The molecular weight excluding hydrogens is 172 g/mol. The number of thioether (sulfide) groups is 1. The summed E-state index contributed by atoms with van der Waals surface area (Å²) in [7, 11) is 0. The third-order valence-electron chi connectivity index (χ3n) is 1.83. The van der Waals surface area contributed by atoms with E-state index in [1.807, 2.05) is 6.26 Å². The molecule has 1 aliphatic heterocycles. The molecule has 0 aromatic carbocycles. The van der Waals surface area contributed by atoms with Crippen molar-refractivity contribution in [2.45, 2.75) is 19.3 Å². The monoisotopic (exact) mass is 186 g/mol. The summed E-state index contributed by atoms with van der Waals surface area (Å²) >= 11 is 1.71. The number of carbonyl (C=O) groups is 1. The van der Waals surface area contributed by atoms with Crippen molar-refractivity contribution in [1.82, 2.24) is 0 Å². The number of ether oxygens (including phenoxy) is 1. The summed E-state index contributed by atoms with van der Waals surface area (Å²) in [6, 6.07) is 0. The first-order valence-corrected chi connectivity index (χ1v) is 5.57. The van der Waals surface area contributed by atoms with Crippen molar-refractivity contribution in [2.24, 2.45) is 0 Å². The van der Waals surface area contributed by atoms with E-state index in [2.05, 4.69) is 0 Å². The fraction of sp³-hybridized carbons (Fsp3) is 0.667. The van der Waals surface area contributed by atoms with Crippen LogP contribution in [-0.2, 0) is 9.53 Å². The molecule has 12 heavy (non-hydrogen) atoms. The number of Topliss-reactive ketones (excluding diaryl/α,β-unsaturated/α-hetero) is 1. The van der Waals surface area contributed by atoms with E-state index in [9.17, 15) is 4.79 Å². The van der Waals surface area contributed by atoms with Gasteiger partial charge in [-0.05, 0) is 19.1 Å². The van der Waals surface area contributed by atoms with Crippen LogP contribution in [0, 0.1) is 0 Å². The predicted molar refractivity (Wildman–Crippen MR) is 51.3 cm³/mol. The molecule has 0 N–H and O–H groups in total. The molecule has 3 heteroatoms.